The van der Waals surface area contributed by atoms with E-state index in [1.165, 1.54) is 0 Å². The van der Waals surface area contributed by atoms with E-state index in [-0.39, 0.29) is 6.61 Å². The number of rotatable bonds is 4. The third-order valence-electron chi connectivity index (χ3n) is 3.11. The number of halogens is 1. The number of nitrogens with zero attached hydrogens (tertiary/aromatic N) is 2. The molecule has 0 aliphatic carbocycles. The minimum absolute atomic E-state index is 0.0997. The van der Waals surface area contributed by atoms with Gasteiger partial charge in [-0.2, -0.15) is 0 Å². The SMILES string of the molecule is COc1ccc(C)cc1-c1nc(Br)c(CCO)n1C. The number of ether oxygens (including phenoxy) is 1. The highest BCUT2D eigenvalue weighted by Gasteiger charge is 2.17. The molecular weight excluding hydrogens is 308 g/mol. The second-order valence-corrected chi connectivity index (χ2v) is 5.16. The lowest BCUT2D eigenvalue weighted by Crippen LogP contribution is -2.02. The quantitative estimate of drug-likeness (QED) is 0.940. The lowest BCUT2D eigenvalue weighted by molar-refractivity contribution is 0.296. The second kappa shape index (κ2) is 5.75. The Hall–Kier alpha value is -1.33. The van der Waals surface area contributed by atoms with Crippen LogP contribution in [0.1, 0.15) is 11.3 Å². The van der Waals surface area contributed by atoms with E-state index in [1.807, 2.05) is 30.7 Å². The molecule has 102 valence electrons. The molecule has 1 aromatic heterocycles. The number of aliphatic hydroxyl groups excluding tert-OH is 1. The van der Waals surface area contributed by atoms with Crippen LogP contribution < -0.4 is 4.74 Å². The van der Waals surface area contributed by atoms with E-state index < -0.39 is 0 Å². The van der Waals surface area contributed by atoms with Gasteiger partial charge in [-0.05, 0) is 35.0 Å². The van der Waals surface area contributed by atoms with Gasteiger partial charge in [-0.3, -0.25) is 0 Å². The average molecular weight is 325 g/mol. The maximum atomic E-state index is 9.11. The Morgan fingerprint density at radius 1 is 1.42 bits per heavy atom. The first-order valence-corrected chi connectivity index (χ1v) is 6.84. The molecule has 0 bridgehead atoms. The Balaban J connectivity index is 2.59. The maximum Gasteiger partial charge on any atom is 0.145 e. The van der Waals surface area contributed by atoms with Crippen molar-refractivity contribution in [3.63, 3.8) is 0 Å². The van der Waals surface area contributed by atoms with Crippen LogP contribution in [0.5, 0.6) is 5.75 Å². The molecule has 1 heterocycles. The molecule has 0 aliphatic rings. The number of aromatic nitrogens is 2. The largest absolute Gasteiger partial charge is 0.496 e. The van der Waals surface area contributed by atoms with E-state index >= 15 is 0 Å². The maximum absolute atomic E-state index is 9.11. The number of methoxy groups -OCH3 is 1. The molecule has 19 heavy (non-hydrogen) atoms. The molecule has 0 radical (unpaired) electrons. The smallest absolute Gasteiger partial charge is 0.145 e. The van der Waals surface area contributed by atoms with Crippen LogP contribution in [0.3, 0.4) is 0 Å². The van der Waals surface area contributed by atoms with Crippen LogP contribution in [0.25, 0.3) is 11.4 Å². The molecule has 0 fully saturated rings. The average Bonchev–Trinajstić information content (AvgIpc) is 2.67. The molecule has 0 saturated carbocycles. The van der Waals surface area contributed by atoms with Crippen molar-refractivity contribution in [1.82, 2.24) is 9.55 Å². The lowest BCUT2D eigenvalue weighted by Gasteiger charge is -2.10. The van der Waals surface area contributed by atoms with Crippen molar-refractivity contribution in [1.29, 1.82) is 0 Å². The molecule has 0 amide bonds. The zero-order valence-electron chi connectivity index (χ0n) is 11.3. The van der Waals surface area contributed by atoms with Crippen molar-refractivity contribution < 1.29 is 9.84 Å². The van der Waals surface area contributed by atoms with Gasteiger partial charge in [0.1, 0.15) is 16.2 Å². The zero-order chi connectivity index (χ0) is 14.0. The van der Waals surface area contributed by atoms with Crippen LogP contribution in [0.15, 0.2) is 22.8 Å². The molecule has 4 nitrogen and oxygen atoms in total. The monoisotopic (exact) mass is 324 g/mol. The van der Waals surface area contributed by atoms with Gasteiger partial charge in [0, 0.05) is 20.1 Å². The van der Waals surface area contributed by atoms with Gasteiger partial charge in [-0.1, -0.05) is 11.6 Å². The van der Waals surface area contributed by atoms with Crippen molar-refractivity contribution in [3.8, 4) is 17.1 Å². The third-order valence-corrected chi connectivity index (χ3v) is 3.74. The summed E-state index contributed by atoms with van der Waals surface area (Å²) in [5.74, 6) is 1.62. The summed E-state index contributed by atoms with van der Waals surface area (Å²) in [7, 11) is 3.60. The van der Waals surface area contributed by atoms with Crippen LogP contribution in [-0.2, 0) is 13.5 Å². The summed E-state index contributed by atoms with van der Waals surface area (Å²) in [6.07, 6.45) is 0.568. The third kappa shape index (κ3) is 2.67. The summed E-state index contributed by atoms with van der Waals surface area (Å²) in [4.78, 5) is 4.54. The normalized spacial score (nSPS) is 10.8. The van der Waals surface area contributed by atoms with Crippen molar-refractivity contribution in [2.45, 2.75) is 13.3 Å². The standard InChI is InChI=1S/C14H17BrN2O2/c1-9-4-5-12(19-3)10(8-9)14-16-13(15)11(6-7-18)17(14)2/h4-5,8,18H,6-7H2,1-3H3. The molecule has 5 heteroatoms. The summed E-state index contributed by atoms with van der Waals surface area (Å²) in [5.41, 5.74) is 3.08. The van der Waals surface area contributed by atoms with Crippen molar-refractivity contribution in [2.75, 3.05) is 13.7 Å². The first-order valence-electron chi connectivity index (χ1n) is 6.05. The molecule has 0 saturated heterocycles. The molecule has 2 aromatic rings. The number of imidazole rings is 1. The van der Waals surface area contributed by atoms with E-state index in [2.05, 4.69) is 27.0 Å². The fraction of sp³-hybridized carbons (Fsp3) is 0.357. The van der Waals surface area contributed by atoms with Crippen LogP contribution in [-0.4, -0.2) is 28.4 Å². The Labute approximate surface area is 121 Å². The van der Waals surface area contributed by atoms with E-state index in [1.54, 1.807) is 7.11 Å². The number of aryl methyl sites for hydroxylation is 1. The van der Waals surface area contributed by atoms with Crippen LogP contribution >= 0.6 is 15.9 Å². The molecule has 2 rings (SSSR count). The Morgan fingerprint density at radius 2 is 2.16 bits per heavy atom. The van der Waals surface area contributed by atoms with Gasteiger partial charge < -0.3 is 14.4 Å². The zero-order valence-corrected chi connectivity index (χ0v) is 12.9. The molecule has 1 N–H and O–H groups in total. The van der Waals surface area contributed by atoms with Gasteiger partial charge in [0.25, 0.3) is 0 Å². The van der Waals surface area contributed by atoms with E-state index in [4.69, 9.17) is 9.84 Å². The first-order chi connectivity index (χ1) is 9.08. The van der Waals surface area contributed by atoms with Gasteiger partial charge in [-0.15, -0.1) is 0 Å². The molecule has 1 aromatic carbocycles. The topological polar surface area (TPSA) is 47.3 Å². The summed E-state index contributed by atoms with van der Waals surface area (Å²) >= 11 is 3.45. The Morgan fingerprint density at radius 3 is 2.79 bits per heavy atom. The molecule has 0 spiro atoms. The molecular formula is C14H17BrN2O2. The van der Waals surface area contributed by atoms with Crippen molar-refractivity contribution >= 4 is 15.9 Å². The number of hydrogen-bond acceptors (Lipinski definition) is 3. The van der Waals surface area contributed by atoms with Gasteiger partial charge in [-0.25, -0.2) is 4.98 Å². The van der Waals surface area contributed by atoms with E-state index in [9.17, 15) is 0 Å². The highest BCUT2D eigenvalue weighted by Crippen LogP contribution is 2.32. The fourth-order valence-corrected chi connectivity index (χ4v) is 2.75. The number of hydrogen-bond donors (Lipinski definition) is 1. The van der Waals surface area contributed by atoms with Gasteiger partial charge >= 0.3 is 0 Å². The van der Waals surface area contributed by atoms with Gasteiger partial charge in [0.05, 0.1) is 18.4 Å². The minimum atomic E-state index is 0.0997. The number of aliphatic hydroxyl groups is 1. The summed E-state index contributed by atoms with van der Waals surface area (Å²) in [5, 5.41) is 9.11. The number of benzene rings is 1. The van der Waals surface area contributed by atoms with Crippen molar-refractivity contribution in [2.24, 2.45) is 7.05 Å². The predicted octanol–water partition coefficient (Wildman–Crippen LogP) is 2.70. The van der Waals surface area contributed by atoms with Crippen LogP contribution in [0.4, 0.5) is 0 Å². The van der Waals surface area contributed by atoms with E-state index in [0.29, 0.717) is 6.42 Å². The fourth-order valence-electron chi connectivity index (χ4n) is 2.11. The molecule has 0 aliphatic heterocycles. The summed E-state index contributed by atoms with van der Waals surface area (Å²) in [6.45, 7) is 2.14. The molecule has 0 unspecified atom stereocenters. The Bertz CT molecular complexity index is 593. The van der Waals surface area contributed by atoms with E-state index in [0.717, 1.165) is 33.0 Å². The minimum Gasteiger partial charge on any atom is -0.496 e. The second-order valence-electron chi connectivity index (χ2n) is 4.41. The highest BCUT2D eigenvalue weighted by atomic mass is 79.9. The first kappa shape index (κ1) is 14.1. The summed E-state index contributed by atoms with van der Waals surface area (Å²) < 4.78 is 8.15. The van der Waals surface area contributed by atoms with Crippen LogP contribution in [0.2, 0.25) is 0 Å². The lowest BCUT2D eigenvalue weighted by atomic mass is 10.1. The van der Waals surface area contributed by atoms with Gasteiger partial charge in [0.15, 0.2) is 0 Å². The predicted molar refractivity (Wildman–Crippen MR) is 78.4 cm³/mol. The molecule has 0 atom stereocenters. The van der Waals surface area contributed by atoms with Crippen molar-refractivity contribution in [3.05, 3.63) is 34.1 Å². The van der Waals surface area contributed by atoms with Crippen LogP contribution in [0, 0.1) is 6.92 Å². The summed E-state index contributed by atoms with van der Waals surface area (Å²) in [6, 6.07) is 6.00. The highest BCUT2D eigenvalue weighted by molar-refractivity contribution is 9.10. The van der Waals surface area contributed by atoms with Gasteiger partial charge in [0.2, 0.25) is 0 Å². The Kier molecular flexibility index (Phi) is 4.27.